The van der Waals surface area contributed by atoms with Crippen molar-refractivity contribution < 1.29 is 31.8 Å². The Kier molecular flexibility index (Phi) is 5.08. The van der Waals surface area contributed by atoms with E-state index in [0.29, 0.717) is 0 Å². The molecule has 0 spiro atoms. The number of alkyl halides is 1. The normalized spacial score (nSPS) is 18.4. The third-order valence-corrected chi connectivity index (χ3v) is 5.62. The van der Waals surface area contributed by atoms with Gasteiger partial charge in [0, 0.05) is 17.9 Å². The van der Waals surface area contributed by atoms with E-state index in [1.54, 1.807) is 6.07 Å². The van der Waals surface area contributed by atoms with Crippen LogP contribution in [0.4, 0.5) is 8.78 Å². The van der Waals surface area contributed by atoms with E-state index < -0.39 is 40.1 Å². The lowest BCUT2D eigenvalue weighted by atomic mass is 9.97. The molecule has 3 rings (SSSR count). The molecule has 0 amide bonds. The molecule has 0 saturated heterocycles. The first-order valence-corrected chi connectivity index (χ1v) is 10.1. The van der Waals surface area contributed by atoms with Gasteiger partial charge in [0.1, 0.15) is 23.5 Å². The van der Waals surface area contributed by atoms with E-state index in [4.69, 9.17) is 15.1 Å². The highest BCUT2D eigenvalue weighted by molar-refractivity contribution is 7.90. The number of ether oxygens (including phenoxy) is 1. The van der Waals surface area contributed by atoms with Gasteiger partial charge in [-0.2, -0.15) is 5.26 Å². The van der Waals surface area contributed by atoms with Crippen LogP contribution in [0.3, 0.4) is 0 Å². The Bertz CT molecular complexity index is 1110. The maximum atomic E-state index is 14.8. The van der Waals surface area contributed by atoms with Crippen LogP contribution in [0.15, 0.2) is 35.2 Å². The molecule has 0 bridgehead atoms. The number of aliphatic carboxylic acids is 1. The topological polar surface area (TPSA) is 104 Å². The average Bonchev–Trinajstić information content (AvgIpc) is 2.89. The van der Waals surface area contributed by atoms with Crippen LogP contribution in [-0.2, 0) is 14.6 Å². The van der Waals surface area contributed by atoms with Gasteiger partial charge in [-0.3, -0.25) is 4.79 Å². The van der Waals surface area contributed by atoms with Gasteiger partial charge in [-0.1, -0.05) is 0 Å². The summed E-state index contributed by atoms with van der Waals surface area (Å²) in [6.45, 7) is 0. The summed E-state index contributed by atoms with van der Waals surface area (Å²) < 4.78 is 58.2. The molecule has 0 aromatic heterocycles. The highest BCUT2D eigenvalue weighted by atomic mass is 32.2. The fourth-order valence-corrected chi connectivity index (χ4v) is 4.44. The highest BCUT2D eigenvalue weighted by Crippen LogP contribution is 2.51. The SMILES string of the molecule is CS(=O)(=O)c1ccc(Oc2cc(F)cc(C#N)c2)c2c1[C@H](CC(=O)O)C[C@H]2F. The van der Waals surface area contributed by atoms with Crippen LogP contribution in [0, 0.1) is 17.1 Å². The third-order valence-electron chi connectivity index (χ3n) is 4.47. The van der Waals surface area contributed by atoms with E-state index in [2.05, 4.69) is 0 Å². The standard InChI is InChI=1S/C19H15F2NO5S/c1-28(25,26)16-3-2-15(27-13-5-10(9-22)4-12(20)8-13)19-14(21)6-11(18(16)19)7-17(23)24/h2-5,8,11,14H,6-7H2,1H3,(H,23,24)/t11-,14+/m0/s1. The molecule has 0 fully saturated rings. The monoisotopic (exact) mass is 407 g/mol. The predicted octanol–water partition coefficient (Wildman–Crippen LogP) is 3.87. The molecular weight excluding hydrogens is 392 g/mol. The summed E-state index contributed by atoms with van der Waals surface area (Å²) in [5.41, 5.74) is 0.0173. The molecule has 0 heterocycles. The van der Waals surface area contributed by atoms with Crippen molar-refractivity contribution in [2.24, 2.45) is 0 Å². The van der Waals surface area contributed by atoms with Gasteiger partial charge in [-0.25, -0.2) is 17.2 Å². The van der Waals surface area contributed by atoms with Crippen molar-refractivity contribution in [3.05, 3.63) is 52.8 Å². The minimum Gasteiger partial charge on any atom is -0.481 e. The van der Waals surface area contributed by atoms with Crippen LogP contribution >= 0.6 is 0 Å². The second-order valence-corrected chi connectivity index (χ2v) is 8.53. The van der Waals surface area contributed by atoms with Gasteiger partial charge in [0.15, 0.2) is 9.84 Å². The summed E-state index contributed by atoms with van der Waals surface area (Å²) in [5, 5.41) is 18.0. The average molecular weight is 407 g/mol. The Morgan fingerprint density at radius 1 is 1.32 bits per heavy atom. The second-order valence-electron chi connectivity index (χ2n) is 6.55. The Morgan fingerprint density at radius 2 is 2.04 bits per heavy atom. The summed E-state index contributed by atoms with van der Waals surface area (Å²) in [5.74, 6) is -2.84. The van der Waals surface area contributed by atoms with Crippen LogP contribution < -0.4 is 4.74 Å². The molecule has 1 N–H and O–H groups in total. The molecule has 1 aliphatic carbocycles. The van der Waals surface area contributed by atoms with E-state index in [1.165, 1.54) is 18.2 Å². The largest absolute Gasteiger partial charge is 0.481 e. The Hall–Kier alpha value is -2.99. The fraction of sp³-hybridized carbons (Fsp3) is 0.263. The zero-order valence-electron chi connectivity index (χ0n) is 14.6. The minimum absolute atomic E-state index is 0.0000428. The van der Waals surface area contributed by atoms with Crippen LogP contribution in [0.5, 0.6) is 11.5 Å². The van der Waals surface area contributed by atoms with Crippen LogP contribution in [-0.4, -0.2) is 25.7 Å². The number of carboxylic acids is 1. The molecule has 9 heteroatoms. The van der Waals surface area contributed by atoms with Crippen molar-refractivity contribution in [2.75, 3.05) is 6.26 Å². The lowest BCUT2D eigenvalue weighted by Crippen LogP contribution is -2.09. The smallest absolute Gasteiger partial charge is 0.303 e. The number of halogens is 2. The molecular formula is C19H15F2NO5S. The van der Waals surface area contributed by atoms with Crippen LogP contribution in [0.25, 0.3) is 0 Å². The van der Waals surface area contributed by atoms with Gasteiger partial charge in [-0.05, 0) is 42.2 Å². The number of rotatable bonds is 5. The number of sulfone groups is 1. The van der Waals surface area contributed by atoms with E-state index in [0.717, 1.165) is 18.4 Å². The van der Waals surface area contributed by atoms with Gasteiger partial charge in [-0.15, -0.1) is 0 Å². The summed E-state index contributed by atoms with van der Waals surface area (Å²) in [6, 6.07) is 7.52. The maximum Gasteiger partial charge on any atom is 0.303 e. The summed E-state index contributed by atoms with van der Waals surface area (Å²) in [6.07, 6.45) is -1.31. The summed E-state index contributed by atoms with van der Waals surface area (Å²) >= 11 is 0. The Labute approximate surface area is 159 Å². The number of benzene rings is 2. The molecule has 2 atom stereocenters. The summed E-state index contributed by atoms with van der Waals surface area (Å²) in [7, 11) is -3.75. The molecule has 0 radical (unpaired) electrons. The molecule has 0 unspecified atom stereocenters. The van der Waals surface area contributed by atoms with E-state index >= 15 is 0 Å². The first-order chi connectivity index (χ1) is 13.1. The molecule has 0 aliphatic heterocycles. The maximum absolute atomic E-state index is 14.8. The molecule has 2 aromatic carbocycles. The quantitative estimate of drug-likeness (QED) is 0.807. The highest BCUT2D eigenvalue weighted by Gasteiger charge is 2.39. The van der Waals surface area contributed by atoms with Gasteiger partial charge >= 0.3 is 5.97 Å². The molecule has 28 heavy (non-hydrogen) atoms. The van der Waals surface area contributed by atoms with E-state index in [9.17, 15) is 22.0 Å². The fourth-order valence-electron chi connectivity index (χ4n) is 3.45. The van der Waals surface area contributed by atoms with Crippen LogP contribution in [0.2, 0.25) is 0 Å². The van der Waals surface area contributed by atoms with Gasteiger partial charge in [0.25, 0.3) is 0 Å². The number of carbonyl (C=O) groups is 1. The number of fused-ring (bicyclic) bond motifs is 1. The Morgan fingerprint density at radius 3 is 2.64 bits per heavy atom. The number of hydrogen-bond donors (Lipinski definition) is 1. The molecule has 2 aromatic rings. The first-order valence-electron chi connectivity index (χ1n) is 8.21. The zero-order valence-corrected chi connectivity index (χ0v) is 15.5. The zero-order chi connectivity index (χ0) is 20.6. The number of nitriles is 1. The first kappa shape index (κ1) is 19.8. The minimum atomic E-state index is -3.75. The van der Waals surface area contributed by atoms with Crippen molar-refractivity contribution in [2.45, 2.75) is 29.8 Å². The number of hydrogen-bond acceptors (Lipinski definition) is 5. The lowest BCUT2D eigenvalue weighted by Gasteiger charge is -2.16. The van der Waals surface area contributed by atoms with Crippen molar-refractivity contribution in [1.82, 2.24) is 0 Å². The molecule has 0 saturated carbocycles. The second kappa shape index (κ2) is 7.20. The van der Waals surface area contributed by atoms with Crippen LogP contribution in [0.1, 0.15) is 41.6 Å². The van der Waals surface area contributed by atoms with Crippen molar-refractivity contribution >= 4 is 15.8 Å². The van der Waals surface area contributed by atoms with Gasteiger partial charge in [0.2, 0.25) is 0 Å². The lowest BCUT2D eigenvalue weighted by molar-refractivity contribution is -0.137. The molecule has 1 aliphatic rings. The van der Waals surface area contributed by atoms with E-state index in [1.807, 2.05) is 0 Å². The molecule has 6 nitrogen and oxygen atoms in total. The van der Waals surface area contributed by atoms with Gasteiger partial charge in [0.05, 0.1) is 22.9 Å². The number of nitrogens with zero attached hydrogens (tertiary/aromatic N) is 1. The number of carboxylic acid groups (broad SMARTS) is 1. The van der Waals surface area contributed by atoms with E-state index in [-0.39, 0.29) is 39.5 Å². The Balaban J connectivity index is 2.15. The predicted molar refractivity (Wildman–Crippen MR) is 94.2 cm³/mol. The summed E-state index contributed by atoms with van der Waals surface area (Å²) in [4.78, 5) is 11.0. The van der Waals surface area contributed by atoms with Crippen molar-refractivity contribution in [3.8, 4) is 17.6 Å². The van der Waals surface area contributed by atoms with Crippen molar-refractivity contribution in [1.29, 1.82) is 5.26 Å². The van der Waals surface area contributed by atoms with Crippen molar-refractivity contribution in [3.63, 3.8) is 0 Å². The van der Waals surface area contributed by atoms with Gasteiger partial charge < -0.3 is 9.84 Å². The molecule has 146 valence electrons. The third kappa shape index (κ3) is 3.82.